The lowest BCUT2D eigenvalue weighted by atomic mass is 9.81. The number of phenols is 1. The van der Waals surface area contributed by atoms with Gasteiger partial charge in [0, 0.05) is 24.2 Å². The van der Waals surface area contributed by atoms with Gasteiger partial charge >= 0.3 is 5.97 Å². The number of ether oxygens (including phenoxy) is 1. The molecule has 0 aromatic heterocycles. The number of hydrogen-bond donors (Lipinski definition) is 2. The normalized spacial score (nSPS) is 14.2. The Morgan fingerprint density at radius 3 is 2.38 bits per heavy atom. The number of carboxylic acids is 1. The highest BCUT2D eigenvalue weighted by molar-refractivity contribution is 5.95. The second kappa shape index (κ2) is 9.21. The van der Waals surface area contributed by atoms with E-state index in [0.717, 1.165) is 45.4 Å². The van der Waals surface area contributed by atoms with E-state index in [2.05, 4.69) is 0 Å². The van der Waals surface area contributed by atoms with E-state index in [9.17, 15) is 19.8 Å². The number of aryl methyl sites for hydroxylation is 1. The molecule has 2 N–H and O–H groups in total. The van der Waals surface area contributed by atoms with Gasteiger partial charge in [0.2, 0.25) is 0 Å². The van der Waals surface area contributed by atoms with E-state index in [-0.39, 0.29) is 18.1 Å². The van der Waals surface area contributed by atoms with Crippen LogP contribution in [0.1, 0.15) is 61.3 Å². The zero-order chi connectivity index (χ0) is 26.6. The number of phenolic OH excluding ortho intramolecular Hbond substituents is 1. The first kappa shape index (κ1) is 24.8. The van der Waals surface area contributed by atoms with E-state index in [0.29, 0.717) is 54.1 Å². The SMILES string of the molecule is Cc1cc(C(=O)N2Cc3c(C)c(CC(=O)O)c(-c4cc(F)c5c(c4C)CCCO5)c(C)c3C2)ccc1O. The highest BCUT2D eigenvalue weighted by atomic mass is 19.1. The zero-order valence-corrected chi connectivity index (χ0v) is 21.5. The summed E-state index contributed by atoms with van der Waals surface area (Å²) in [6.45, 7) is 8.73. The largest absolute Gasteiger partial charge is 0.508 e. The van der Waals surface area contributed by atoms with E-state index in [4.69, 9.17) is 4.74 Å². The summed E-state index contributed by atoms with van der Waals surface area (Å²) in [7, 11) is 0. The number of fused-ring (bicyclic) bond motifs is 2. The third-order valence-electron chi connectivity index (χ3n) is 7.86. The van der Waals surface area contributed by atoms with Gasteiger partial charge in [-0.25, -0.2) is 4.39 Å². The predicted molar refractivity (Wildman–Crippen MR) is 138 cm³/mol. The number of carboxylic acid groups (broad SMARTS) is 1. The highest BCUT2D eigenvalue weighted by Gasteiger charge is 2.32. The number of hydrogen-bond acceptors (Lipinski definition) is 4. The molecule has 1 amide bonds. The van der Waals surface area contributed by atoms with E-state index in [1.165, 1.54) is 12.1 Å². The van der Waals surface area contributed by atoms with Crippen molar-refractivity contribution < 1.29 is 28.9 Å². The minimum absolute atomic E-state index is 0.133. The Hall–Kier alpha value is -3.87. The van der Waals surface area contributed by atoms with Crippen molar-refractivity contribution in [1.82, 2.24) is 4.90 Å². The van der Waals surface area contributed by atoms with Crippen LogP contribution in [0.2, 0.25) is 0 Å². The van der Waals surface area contributed by atoms with Crippen LogP contribution in [0.15, 0.2) is 24.3 Å². The molecule has 0 atom stereocenters. The molecule has 5 rings (SSSR count). The number of benzene rings is 3. The second-order valence-electron chi connectivity index (χ2n) is 10.1. The molecule has 2 aliphatic rings. The molecule has 0 unspecified atom stereocenters. The van der Waals surface area contributed by atoms with Crippen LogP contribution in [0.5, 0.6) is 11.5 Å². The van der Waals surface area contributed by atoms with Crippen LogP contribution in [0.4, 0.5) is 4.39 Å². The Labute approximate surface area is 215 Å². The van der Waals surface area contributed by atoms with Crippen molar-refractivity contribution in [3.05, 3.63) is 80.2 Å². The van der Waals surface area contributed by atoms with Gasteiger partial charge < -0.3 is 19.8 Å². The maximum atomic E-state index is 15.2. The molecule has 3 aromatic carbocycles. The Balaban J connectivity index is 1.65. The van der Waals surface area contributed by atoms with Gasteiger partial charge in [-0.05, 0) is 115 Å². The molecule has 0 spiro atoms. The molecule has 2 heterocycles. The maximum Gasteiger partial charge on any atom is 0.307 e. The van der Waals surface area contributed by atoms with Crippen LogP contribution >= 0.6 is 0 Å². The molecule has 0 radical (unpaired) electrons. The lowest BCUT2D eigenvalue weighted by Crippen LogP contribution is -2.25. The van der Waals surface area contributed by atoms with Crippen LogP contribution in [0.25, 0.3) is 11.1 Å². The standard InChI is InChI=1S/C30H30FNO5/c1-15-10-19(7-8-26(15)33)30(36)32-13-23-17(3)22(12-27(34)35)28(18(4)24(23)14-32)21-11-25(31)29-20(16(21)2)6-5-9-37-29/h7-8,10-11,33H,5-6,9,12-14H2,1-4H3,(H,34,35). The monoisotopic (exact) mass is 503 g/mol. The molecule has 0 saturated carbocycles. The minimum Gasteiger partial charge on any atom is -0.508 e. The van der Waals surface area contributed by atoms with Gasteiger partial charge in [-0.15, -0.1) is 0 Å². The number of carbonyl (C=O) groups excluding carboxylic acids is 1. The third-order valence-corrected chi connectivity index (χ3v) is 7.86. The molecular formula is C30H30FNO5. The predicted octanol–water partition coefficient (Wildman–Crippen LogP) is 5.54. The van der Waals surface area contributed by atoms with Gasteiger partial charge in [-0.2, -0.15) is 0 Å². The maximum absolute atomic E-state index is 15.2. The van der Waals surface area contributed by atoms with Gasteiger partial charge in [0.1, 0.15) is 5.75 Å². The number of amides is 1. The molecule has 0 aliphatic carbocycles. The molecule has 192 valence electrons. The van der Waals surface area contributed by atoms with Crippen molar-refractivity contribution in [2.24, 2.45) is 0 Å². The number of rotatable bonds is 4. The average Bonchev–Trinajstić information content (AvgIpc) is 3.32. The van der Waals surface area contributed by atoms with Crippen LogP contribution < -0.4 is 4.74 Å². The quantitative estimate of drug-likeness (QED) is 0.488. The zero-order valence-electron chi connectivity index (χ0n) is 21.5. The Bertz CT molecular complexity index is 1480. The average molecular weight is 504 g/mol. The van der Waals surface area contributed by atoms with Gasteiger partial charge in [-0.1, -0.05) is 0 Å². The number of carbonyl (C=O) groups is 2. The Morgan fingerprint density at radius 1 is 1.00 bits per heavy atom. The molecule has 7 heteroatoms. The van der Waals surface area contributed by atoms with E-state index in [1.54, 1.807) is 24.0 Å². The summed E-state index contributed by atoms with van der Waals surface area (Å²) >= 11 is 0. The molecular weight excluding hydrogens is 473 g/mol. The van der Waals surface area contributed by atoms with Crippen LogP contribution in [-0.4, -0.2) is 33.6 Å². The highest BCUT2D eigenvalue weighted by Crippen LogP contribution is 2.44. The first-order valence-corrected chi connectivity index (χ1v) is 12.5. The lowest BCUT2D eigenvalue weighted by molar-refractivity contribution is -0.136. The topological polar surface area (TPSA) is 87.1 Å². The first-order chi connectivity index (χ1) is 17.6. The summed E-state index contributed by atoms with van der Waals surface area (Å²) in [4.78, 5) is 27.0. The Kier molecular flexibility index (Phi) is 6.18. The summed E-state index contributed by atoms with van der Waals surface area (Å²) in [5.41, 5.74) is 8.51. The summed E-state index contributed by atoms with van der Waals surface area (Å²) in [6, 6.07) is 6.26. The fraction of sp³-hybridized carbons (Fsp3) is 0.333. The van der Waals surface area contributed by atoms with Crippen molar-refractivity contribution in [2.75, 3.05) is 6.61 Å². The van der Waals surface area contributed by atoms with E-state index in [1.807, 2.05) is 20.8 Å². The molecule has 6 nitrogen and oxygen atoms in total. The van der Waals surface area contributed by atoms with E-state index >= 15 is 4.39 Å². The lowest BCUT2D eigenvalue weighted by Gasteiger charge is -2.25. The van der Waals surface area contributed by atoms with Crippen LogP contribution in [0.3, 0.4) is 0 Å². The van der Waals surface area contributed by atoms with Crippen molar-refractivity contribution in [3.8, 4) is 22.6 Å². The van der Waals surface area contributed by atoms with Crippen molar-refractivity contribution >= 4 is 11.9 Å². The fourth-order valence-electron chi connectivity index (χ4n) is 5.83. The van der Waals surface area contributed by atoms with Gasteiger partial charge in [-0.3, -0.25) is 9.59 Å². The van der Waals surface area contributed by atoms with E-state index < -0.39 is 11.8 Å². The van der Waals surface area contributed by atoms with Gasteiger partial charge in [0.05, 0.1) is 13.0 Å². The number of aliphatic carboxylic acids is 1. The summed E-state index contributed by atoms with van der Waals surface area (Å²) in [6.07, 6.45) is 1.31. The first-order valence-electron chi connectivity index (χ1n) is 12.5. The van der Waals surface area contributed by atoms with Crippen molar-refractivity contribution in [3.63, 3.8) is 0 Å². The van der Waals surface area contributed by atoms with Crippen LogP contribution in [0, 0.1) is 33.5 Å². The minimum atomic E-state index is -0.964. The fourth-order valence-corrected chi connectivity index (χ4v) is 5.83. The van der Waals surface area contributed by atoms with Gasteiger partial charge in [0.15, 0.2) is 11.6 Å². The summed E-state index contributed by atoms with van der Waals surface area (Å²) in [5, 5.41) is 19.6. The molecule has 0 bridgehead atoms. The van der Waals surface area contributed by atoms with Crippen molar-refractivity contribution in [2.45, 2.75) is 60.0 Å². The third kappa shape index (κ3) is 4.12. The molecule has 0 saturated heterocycles. The molecule has 3 aromatic rings. The molecule has 37 heavy (non-hydrogen) atoms. The summed E-state index contributed by atoms with van der Waals surface area (Å²) in [5.74, 6) is -1.13. The van der Waals surface area contributed by atoms with Crippen molar-refractivity contribution in [1.29, 1.82) is 0 Å². The molecule has 2 aliphatic heterocycles. The second-order valence-corrected chi connectivity index (χ2v) is 10.1. The number of aromatic hydroxyl groups is 1. The summed E-state index contributed by atoms with van der Waals surface area (Å²) < 4.78 is 20.8. The molecule has 0 fully saturated rings. The smallest absolute Gasteiger partial charge is 0.307 e. The van der Waals surface area contributed by atoms with Gasteiger partial charge in [0.25, 0.3) is 5.91 Å². The number of nitrogens with zero attached hydrogens (tertiary/aromatic N) is 1. The Morgan fingerprint density at radius 2 is 1.70 bits per heavy atom. The van der Waals surface area contributed by atoms with Crippen LogP contribution in [-0.2, 0) is 30.7 Å². The number of halogens is 1.